The van der Waals surface area contributed by atoms with Crippen LogP contribution >= 0.6 is 11.6 Å². The van der Waals surface area contributed by atoms with Gasteiger partial charge in [0.1, 0.15) is 11.5 Å². The van der Waals surface area contributed by atoms with Crippen LogP contribution in [0.2, 0.25) is 0 Å². The van der Waals surface area contributed by atoms with Gasteiger partial charge in [0.2, 0.25) is 0 Å². The summed E-state index contributed by atoms with van der Waals surface area (Å²) in [6.07, 6.45) is 7.78. The quantitative estimate of drug-likeness (QED) is 0.563. The molecule has 4 atom stereocenters. The lowest BCUT2D eigenvalue weighted by atomic mass is 9.92. The average Bonchev–Trinajstić information content (AvgIpc) is 2.83. The third kappa shape index (κ3) is 5.15. The molecule has 23 heavy (non-hydrogen) atoms. The molecule has 1 aromatic rings. The van der Waals surface area contributed by atoms with Crippen molar-refractivity contribution in [2.24, 2.45) is 11.8 Å². The van der Waals surface area contributed by atoms with Gasteiger partial charge in [-0.15, -0.1) is 11.6 Å². The largest absolute Gasteiger partial charge is 0.497 e. The van der Waals surface area contributed by atoms with Gasteiger partial charge in [0.05, 0.1) is 19.8 Å². The lowest BCUT2D eigenvalue weighted by molar-refractivity contribution is 0.0807. The molecule has 1 aliphatic carbocycles. The second-order valence-electron chi connectivity index (χ2n) is 6.13. The van der Waals surface area contributed by atoms with Gasteiger partial charge < -0.3 is 14.6 Å². The first-order valence-corrected chi connectivity index (χ1v) is 8.83. The van der Waals surface area contributed by atoms with Crippen LogP contribution in [0.1, 0.15) is 32.6 Å². The highest BCUT2D eigenvalue weighted by Crippen LogP contribution is 2.39. The number of methoxy groups -OCH3 is 1. The smallest absolute Gasteiger partial charge is 0.123 e. The van der Waals surface area contributed by atoms with Crippen LogP contribution in [0, 0.1) is 11.8 Å². The molecular formula is C19H27ClO3. The predicted molar refractivity (Wildman–Crippen MR) is 94.4 cm³/mol. The minimum atomic E-state index is -0.396. The molecule has 0 radical (unpaired) electrons. The zero-order valence-corrected chi connectivity index (χ0v) is 14.7. The Bertz CT molecular complexity index is 503. The molecule has 128 valence electrons. The van der Waals surface area contributed by atoms with Crippen molar-refractivity contribution in [2.45, 2.75) is 44.1 Å². The van der Waals surface area contributed by atoms with E-state index < -0.39 is 6.10 Å². The first-order valence-electron chi connectivity index (χ1n) is 8.39. The number of alkyl halides is 1. The Kier molecular flexibility index (Phi) is 7.25. The van der Waals surface area contributed by atoms with E-state index in [9.17, 15) is 5.11 Å². The Labute approximate surface area is 144 Å². The van der Waals surface area contributed by atoms with Crippen molar-refractivity contribution in [3.8, 4) is 11.5 Å². The Morgan fingerprint density at radius 2 is 2.04 bits per heavy atom. The highest BCUT2D eigenvalue weighted by Gasteiger charge is 2.41. The van der Waals surface area contributed by atoms with Gasteiger partial charge in [0.25, 0.3) is 0 Å². The first kappa shape index (κ1) is 18.2. The molecule has 0 aliphatic heterocycles. The van der Waals surface area contributed by atoms with Crippen LogP contribution in [0.4, 0.5) is 0 Å². The van der Waals surface area contributed by atoms with Gasteiger partial charge in [-0.25, -0.2) is 0 Å². The van der Waals surface area contributed by atoms with E-state index in [2.05, 4.69) is 19.1 Å². The molecule has 1 fully saturated rings. The minimum Gasteiger partial charge on any atom is -0.497 e. The van der Waals surface area contributed by atoms with Crippen LogP contribution in [0.25, 0.3) is 0 Å². The molecule has 1 saturated carbocycles. The number of hydrogen-bond acceptors (Lipinski definition) is 3. The molecule has 2 rings (SSSR count). The van der Waals surface area contributed by atoms with Crippen LogP contribution in [-0.4, -0.2) is 30.3 Å². The summed E-state index contributed by atoms with van der Waals surface area (Å²) in [6, 6.07) is 7.54. The molecule has 0 saturated heterocycles. The summed E-state index contributed by atoms with van der Waals surface area (Å²) in [7, 11) is 1.64. The predicted octanol–water partition coefficient (Wildman–Crippen LogP) is 4.42. The molecule has 1 N–H and O–H groups in total. The fourth-order valence-corrected chi connectivity index (χ4v) is 3.58. The summed E-state index contributed by atoms with van der Waals surface area (Å²) >= 11 is 6.44. The molecule has 0 bridgehead atoms. The summed E-state index contributed by atoms with van der Waals surface area (Å²) < 4.78 is 11.1. The maximum atomic E-state index is 10.3. The maximum absolute atomic E-state index is 10.3. The fraction of sp³-hybridized carbons (Fsp3) is 0.579. The van der Waals surface area contributed by atoms with Gasteiger partial charge >= 0.3 is 0 Å². The van der Waals surface area contributed by atoms with Crippen LogP contribution in [0.15, 0.2) is 36.4 Å². The Hall–Kier alpha value is -1.19. The van der Waals surface area contributed by atoms with Crippen molar-refractivity contribution < 1.29 is 14.6 Å². The van der Waals surface area contributed by atoms with Gasteiger partial charge in [0.15, 0.2) is 0 Å². The Morgan fingerprint density at radius 3 is 2.78 bits per heavy atom. The van der Waals surface area contributed by atoms with Crippen LogP contribution in [-0.2, 0) is 0 Å². The number of aliphatic hydroxyl groups excluding tert-OH is 1. The zero-order chi connectivity index (χ0) is 16.7. The average molecular weight is 339 g/mol. The molecule has 0 spiro atoms. The van der Waals surface area contributed by atoms with Gasteiger partial charge in [-0.05, 0) is 37.3 Å². The van der Waals surface area contributed by atoms with E-state index in [4.69, 9.17) is 21.1 Å². The van der Waals surface area contributed by atoms with Crippen LogP contribution in [0.3, 0.4) is 0 Å². The molecule has 0 unspecified atom stereocenters. The number of unbranched alkanes of at least 4 members (excludes halogenated alkanes) is 1. The van der Waals surface area contributed by atoms with E-state index in [1.54, 1.807) is 7.11 Å². The van der Waals surface area contributed by atoms with Crippen molar-refractivity contribution in [1.82, 2.24) is 0 Å². The highest BCUT2D eigenvalue weighted by atomic mass is 35.5. The van der Waals surface area contributed by atoms with Gasteiger partial charge in [-0.2, -0.15) is 0 Å². The molecule has 1 aliphatic rings. The standard InChI is InChI=1S/C19H27ClO3/c1-3-4-5-6-10-16-17(19(21)12-18(16)20)13-23-15-9-7-8-14(11-15)22-2/h5-9,11,16-19,21H,3-4,10,12-13H2,1-2H3/b6-5-/t16-,17-,18-,19-/m1/s1. The molecule has 1 aromatic carbocycles. The van der Waals surface area contributed by atoms with E-state index in [-0.39, 0.29) is 17.2 Å². The molecule has 4 heteroatoms. The number of ether oxygens (including phenoxy) is 2. The van der Waals surface area contributed by atoms with E-state index >= 15 is 0 Å². The van der Waals surface area contributed by atoms with E-state index in [0.717, 1.165) is 30.8 Å². The summed E-state index contributed by atoms with van der Waals surface area (Å²) in [6.45, 7) is 2.64. The van der Waals surface area contributed by atoms with Crippen molar-refractivity contribution >= 4 is 11.6 Å². The van der Waals surface area contributed by atoms with Crippen molar-refractivity contribution in [2.75, 3.05) is 13.7 Å². The number of hydrogen-bond donors (Lipinski definition) is 1. The zero-order valence-electron chi connectivity index (χ0n) is 14.0. The SMILES string of the molecule is CCC/C=C\C[C@@H]1[C@@H](COc2cccc(OC)c2)[C@H](O)C[C@H]1Cl. The molecule has 3 nitrogen and oxygen atoms in total. The van der Waals surface area contributed by atoms with E-state index in [0.29, 0.717) is 13.0 Å². The van der Waals surface area contributed by atoms with E-state index in [1.807, 2.05) is 24.3 Å². The molecular weight excluding hydrogens is 312 g/mol. The number of halogens is 1. The second-order valence-corrected chi connectivity index (χ2v) is 6.69. The van der Waals surface area contributed by atoms with Gasteiger partial charge in [-0.3, -0.25) is 0 Å². The first-order chi connectivity index (χ1) is 11.2. The molecule has 0 amide bonds. The van der Waals surface area contributed by atoms with Crippen LogP contribution < -0.4 is 9.47 Å². The second kappa shape index (κ2) is 9.19. The maximum Gasteiger partial charge on any atom is 0.123 e. The summed E-state index contributed by atoms with van der Waals surface area (Å²) in [5, 5.41) is 10.3. The van der Waals surface area contributed by atoms with Crippen molar-refractivity contribution in [1.29, 1.82) is 0 Å². The fourth-order valence-electron chi connectivity index (χ4n) is 3.11. The lowest BCUT2D eigenvalue weighted by Crippen LogP contribution is -2.27. The van der Waals surface area contributed by atoms with Gasteiger partial charge in [-0.1, -0.05) is 31.6 Å². The number of aliphatic hydroxyl groups is 1. The number of rotatable bonds is 8. The Morgan fingerprint density at radius 1 is 1.26 bits per heavy atom. The summed E-state index contributed by atoms with van der Waals surface area (Å²) in [4.78, 5) is 0. The monoisotopic (exact) mass is 338 g/mol. The van der Waals surface area contributed by atoms with Crippen molar-refractivity contribution in [3.05, 3.63) is 36.4 Å². The Balaban J connectivity index is 1.94. The van der Waals surface area contributed by atoms with Crippen molar-refractivity contribution in [3.63, 3.8) is 0 Å². The third-order valence-electron chi connectivity index (χ3n) is 4.49. The third-order valence-corrected chi connectivity index (χ3v) is 4.99. The minimum absolute atomic E-state index is 0.00943. The lowest BCUT2D eigenvalue weighted by Gasteiger charge is -2.22. The summed E-state index contributed by atoms with van der Waals surface area (Å²) in [5.41, 5.74) is 0. The summed E-state index contributed by atoms with van der Waals surface area (Å²) in [5.74, 6) is 1.85. The molecule has 0 aromatic heterocycles. The van der Waals surface area contributed by atoms with Gasteiger partial charge in [0, 0.05) is 17.4 Å². The number of benzene rings is 1. The number of allylic oxidation sites excluding steroid dienone is 2. The highest BCUT2D eigenvalue weighted by molar-refractivity contribution is 6.21. The molecule has 0 heterocycles. The van der Waals surface area contributed by atoms with Crippen LogP contribution in [0.5, 0.6) is 11.5 Å². The normalized spacial score (nSPS) is 27.5. The topological polar surface area (TPSA) is 38.7 Å². The van der Waals surface area contributed by atoms with E-state index in [1.165, 1.54) is 0 Å².